The number of rotatable bonds is 6. The van der Waals surface area contributed by atoms with Crippen LogP contribution < -0.4 is 0 Å². The second-order valence-electron chi connectivity index (χ2n) is 4.52. The third kappa shape index (κ3) is 3.64. The quantitative estimate of drug-likeness (QED) is 0.757. The van der Waals surface area contributed by atoms with Crippen LogP contribution >= 0.6 is 11.6 Å². The highest BCUT2D eigenvalue weighted by Gasteiger charge is 2.37. The summed E-state index contributed by atoms with van der Waals surface area (Å²) in [6.45, 7) is -0.0734. The third-order valence-corrected chi connectivity index (χ3v) is 5.26. The van der Waals surface area contributed by atoms with Crippen molar-refractivity contribution in [2.75, 3.05) is 11.6 Å². The molecule has 0 unspecified atom stereocenters. The maximum absolute atomic E-state index is 13.6. The van der Waals surface area contributed by atoms with Gasteiger partial charge in [-0.2, -0.15) is 4.31 Å². The van der Waals surface area contributed by atoms with Crippen LogP contribution in [0.25, 0.3) is 0 Å². The standard InChI is InChI=1S/C12H14ClF2NO2S/c13-5-6-19(17,18)16(11-3-4-11)8-9-1-2-10(14)7-12(9)15/h1-2,7,11H,3-6,8H2. The van der Waals surface area contributed by atoms with E-state index in [2.05, 4.69) is 0 Å². The summed E-state index contributed by atoms with van der Waals surface area (Å²) in [4.78, 5) is 0. The van der Waals surface area contributed by atoms with Gasteiger partial charge in [0.15, 0.2) is 0 Å². The Hall–Kier alpha value is -0.720. The summed E-state index contributed by atoms with van der Waals surface area (Å²) in [5.41, 5.74) is 0.173. The Morgan fingerprint density at radius 3 is 2.53 bits per heavy atom. The van der Waals surface area contributed by atoms with Gasteiger partial charge in [-0.1, -0.05) is 6.07 Å². The first-order valence-electron chi connectivity index (χ1n) is 5.93. The van der Waals surface area contributed by atoms with Crippen molar-refractivity contribution in [3.8, 4) is 0 Å². The van der Waals surface area contributed by atoms with E-state index in [1.165, 1.54) is 10.4 Å². The fourth-order valence-electron chi connectivity index (χ4n) is 1.85. The number of halogens is 3. The highest BCUT2D eigenvalue weighted by molar-refractivity contribution is 7.89. The molecule has 0 saturated heterocycles. The molecular weight excluding hydrogens is 296 g/mol. The lowest BCUT2D eigenvalue weighted by Crippen LogP contribution is -2.35. The van der Waals surface area contributed by atoms with E-state index < -0.39 is 21.7 Å². The molecule has 0 radical (unpaired) electrons. The monoisotopic (exact) mass is 309 g/mol. The number of alkyl halides is 1. The van der Waals surface area contributed by atoms with Gasteiger partial charge in [0.1, 0.15) is 11.6 Å². The lowest BCUT2D eigenvalue weighted by molar-refractivity contribution is 0.392. The molecule has 106 valence electrons. The normalized spacial score (nSPS) is 16.0. The van der Waals surface area contributed by atoms with Crippen LogP contribution in [0.2, 0.25) is 0 Å². The second kappa shape index (κ2) is 5.73. The molecule has 1 aliphatic rings. The Morgan fingerprint density at radius 1 is 1.32 bits per heavy atom. The van der Waals surface area contributed by atoms with Crippen LogP contribution in [0.3, 0.4) is 0 Å². The van der Waals surface area contributed by atoms with Gasteiger partial charge in [-0.15, -0.1) is 11.6 Å². The molecule has 1 aromatic rings. The van der Waals surface area contributed by atoms with E-state index in [0.29, 0.717) is 0 Å². The van der Waals surface area contributed by atoms with Crippen LogP contribution in [0.5, 0.6) is 0 Å². The Kier molecular flexibility index (Phi) is 4.43. The average molecular weight is 310 g/mol. The summed E-state index contributed by atoms with van der Waals surface area (Å²) in [6, 6.07) is 3.07. The molecule has 2 rings (SSSR count). The van der Waals surface area contributed by atoms with Gasteiger partial charge in [0, 0.05) is 30.1 Å². The van der Waals surface area contributed by atoms with Crippen LogP contribution in [0, 0.1) is 11.6 Å². The molecule has 1 aliphatic carbocycles. The van der Waals surface area contributed by atoms with E-state index in [1.807, 2.05) is 0 Å². The van der Waals surface area contributed by atoms with Gasteiger partial charge in [0.2, 0.25) is 10.0 Å². The zero-order valence-electron chi connectivity index (χ0n) is 10.2. The van der Waals surface area contributed by atoms with Crippen LogP contribution in [0.1, 0.15) is 18.4 Å². The summed E-state index contributed by atoms with van der Waals surface area (Å²) in [6.07, 6.45) is 1.54. The smallest absolute Gasteiger partial charge is 0.212 e. The van der Waals surface area contributed by atoms with Crippen molar-refractivity contribution in [3.63, 3.8) is 0 Å². The fourth-order valence-corrected chi connectivity index (χ4v) is 3.86. The maximum Gasteiger partial charge on any atom is 0.215 e. The summed E-state index contributed by atoms with van der Waals surface area (Å²) in [5.74, 6) is -1.58. The molecule has 0 amide bonds. The van der Waals surface area contributed by atoms with Gasteiger partial charge >= 0.3 is 0 Å². The minimum Gasteiger partial charge on any atom is -0.212 e. The lowest BCUT2D eigenvalue weighted by atomic mass is 10.2. The van der Waals surface area contributed by atoms with Gasteiger partial charge in [0.25, 0.3) is 0 Å². The van der Waals surface area contributed by atoms with Crippen LogP contribution in [0.15, 0.2) is 18.2 Å². The van der Waals surface area contributed by atoms with Crippen LogP contribution in [0.4, 0.5) is 8.78 Å². The second-order valence-corrected chi connectivity index (χ2v) is 6.94. The zero-order chi connectivity index (χ0) is 14.0. The number of benzene rings is 1. The molecule has 0 atom stereocenters. The van der Waals surface area contributed by atoms with Crippen molar-refractivity contribution in [1.82, 2.24) is 4.31 Å². The first kappa shape index (κ1) is 14.7. The van der Waals surface area contributed by atoms with Crippen molar-refractivity contribution in [3.05, 3.63) is 35.4 Å². The van der Waals surface area contributed by atoms with E-state index in [-0.39, 0.29) is 29.8 Å². The molecule has 0 aromatic heterocycles. The predicted octanol–water partition coefficient (Wildman–Crippen LogP) is 2.50. The highest BCUT2D eigenvalue weighted by Crippen LogP contribution is 2.31. The van der Waals surface area contributed by atoms with Crippen molar-refractivity contribution in [1.29, 1.82) is 0 Å². The van der Waals surface area contributed by atoms with Gasteiger partial charge in [-0.25, -0.2) is 17.2 Å². The van der Waals surface area contributed by atoms with Crippen molar-refractivity contribution < 1.29 is 17.2 Å². The third-order valence-electron chi connectivity index (χ3n) is 2.99. The Bertz CT molecular complexity index is 561. The Labute approximate surface area is 116 Å². The van der Waals surface area contributed by atoms with E-state index in [1.54, 1.807) is 0 Å². The summed E-state index contributed by atoms with van der Waals surface area (Å²) >= 11 is 5.48. The van der Waals surface area contributed by atoms with Gasteiger partial charge in [-0.05, 0) is 18.9 Å². The molecule has 0 bridgehead atoms. The number of hydrogen-bond acceptors (Lipinski definition) is 2. The van der Waals surface area contributed by atoms with Crippen molar-refractivity contribution in [2.45, 2.75) is 25.4 Å². The summed E-state index contributed by atoms with van der Waals surface area (Å²) in [7, 11) is -3.49. The van der Waals surface area contributed by atoms with Gasteiger partial charge < -0.3 is 0 Å². The zero-order valence-corrected chi connectivity index (χ0v) is 11.7. The maximum atomic E-state index is 13.6. The molecule has 19 heavy (non-hydrogen) atoms. The van der Waals surface area contributed by atoms with E-state index >= 15 is 0 Å². The Morgan fingerprint density at radius 2 is 2.00 bits per heavy atom. The minimum absolute atomic E-state index is 0.00253. The molecular formula is C12H14ClF2NO2S. The molecule has 0 N–H and O–H groups in total. The fraction of sp³-hybridized carbons (Fsp3) is 0.500. The first-order chi connectivity index (χ1) is 8.94. The largest absolute Gasteiger partial charge is 0.215 e. The molecule has 0 spiro atoms. The number of sulfonamides is 1. The topological polar surface area (TPSA) is 37.4 Å². The minimum atomic E-state index is -3.49. The van der Waals surface area contributed by atoms with E-state index in [9.17, 15) is 17.2 Å². The molecule has 0 heterocycles. The van der Waals surface area contributed by atoms with Gasteiger partial charge in [0.05, 0.1) is 5.75 Å². The predicted molar refractivity (Wildman–Crippen MR) is 69.4 cm³/mol. The first-order valence-corrected chi connectivity index (χ1v) is 8.08. The summed E-state index contributed by atoms with van der Waals surface area (Å²) in [5, 5.41) is 0. The molecule has 0 aliphatic heterocycles. The van der Waals surface area contributed by atoms with Gasteiger partial charge in [-0.3, -0.25) is 0 Å². The lowest BCUT2D eigenvalue weighted by Gasteiger charge is -2.21. The summed E-state index contributed by atoms with van der Waals surface area (Å²) < 4.78 is 51.8. The Balaban J connectivity index is 2.22. The SMILES string of the molecule is O=S(=O)(CCCl)N(Cc1ccc(F)cc1F)C1CC1. The van der Waals surface area contributed by atoms with Crippen LogP contribution in [-0.2, 0) is 16.6 Å². The van der Waals surface area contributed by atoms with Crippen LogP contribution in [-0.4, -0.2) is 30.4 Å². The molecule has 1 saturated carbocycles. The average Bonchev–Trinajstić information content (AvgIpc) is 3.11. The van der Waals surface area contributed by atoms with Crippen molar-refractivity contribution in [2.24, 2.45) is 0 Å². The molecule has 7 heteroatoms. The molecule has 3 nitrogen and oxygen atoms in total. The number of hydrogen-bond donors (Lipinski definition) is 0. The molecule has 1 fully saturated rings. The molecule has 1 aromatic carbocycles. The van der Waals surface area contributed by atoms with E-state index in [4.69, 9.17) is 11.6 Å². The van der Waals surface area contributed by atoms with E-state index in [0.717, 1.165) is 25.0 Å². The number of nitrogens with zero attached hydrogens (tertiary/aromatic N) is 1. The highest BCUT2D eigenvalue weighted by atomic mass is 35.5. The van der Waals surface area contributed by atoms with Crippen molar-refractivity contribution >= 4 is 21.6 Å².